The van der Waals surface area contributed by atoms with E-state index in [0.29, 0.717) is 34.4 Å². The van der Waals surface area contributed by atoms with Gasteiger partial charge in [0.15, 0.2) is 0 Å². The highest BCUT2D eigenvalue weighted by Crippen LogP contribution is 2.33. The van der Waals surface area contributed by atoms with Crippen LogP contribution in [0.1, 0.15) is 0 Å². The van der Waals surface area contributed by atoms with Gasteiger partial charge in [-0.25, -0.2) is 0 Å². The van der Waals surface area contributed by atoms with Crippen LogP contribution in [0.25, 0.3) is 0 Å². The minimum atomic E-state index is 0. The Kier molecular flexibility index (Phi) is 5.95. The van der Waals surface area contributed by atoms with Crippen LogP contribution in [0.15, 0.2) is 71.2 Å². The van der Waals surface area contributed by atoms with E-state index in [1.807, 2.05) is 48.5 Å². The third-order valence-corrected chi connectivity index (χ3v) is 3.49. The fraction of sp³-hybridized carbons (Fsp3) is 0. The number of nitrogen functional groups attached to an aromatic ring is 2. The molecule has 0 unspecified atom stereocenters. The SMILES string of the molecule is Cl.Nc1cccc(Oc2cc(Br)cc(Oc3cccc(N)c3)c2)c1. The maximum Gasteiger partial charge on any atom is 0.132 e. The van der Waals surface area contributed by atoms with E-state index in [2.05, 4.69) is 15.9 Å². The van der Waals surface area contributed by atoms with Gasteiger partial charge in [0.25, 0.3) is 0 Å². The maximum absolute atomic E-state index is 5.83. The average molecular weight is 408 g/mol. The molecule has 3 aromatic rings. The summed E-state index contributed by atoms with van der Waals surface area (Å²) in [6.07, 6.45) is 0. The van der Waals surface area contributed by atoms with Gasteiger partial charge >= 0.3 is 0 Å². The van der Waals surface area contributed by atoms with Gasteiger partial charge in [-0.3, -0.25) is 0 Å². The zero-order chi connectivity index (χ0) is 16.2. The first-order valence-electron chi connectivity index (χ1n) is 6.96. The van der Waals surface area contributed by atoms with Crippen LogP contribution in [-0.2, 0) is 0 Å². The van der Waals surface area contributed by atoms with Crippen molar-refractivity contribution < 1.29 is 9.47 Å². The molecule has 4 N–H and O–H groups in total. The highest BCUT2D eigenvalue weighted by Gasteiger charge is 2.05. The molecule has 0 aliphatic rings. The summed E-state index contributed by atoms with van der Waals surface area (Å²) in [7, 11) is 0. The highest BCUT2D eigenvalue weighted by atomic mass is 79.9. The zero-order valence-electron chi connectivity index (χ0n) is 12.6. The molecule has 0 aromatic heterocycles. The first-order chi connectivity index (χ1) is 11.1. The van der Waals surface area contributed by atoms with Crippen molar-refractivity contribution >= 4 is 39.7 Å². The van der Waals surface area contributed by atoms with Crippen molar-refractivity contribution in [3.05, 3.63) is 71.2 Å². The Bertz CT molecular complexity index is 777. The first kappa shape index (κ1) is 18.0. The molecule has 3 aromatic carbocycles. The second kappa shape index (κ2) is 7.95. The summed E-state index contributed by atoms with van der Waals surface area (Å²) in [5.74, 6) is 2.61. The summed E-state index contributed by atoms with van der Waals surface area (Å²) in [5.41, 5.74) is 12.8. The summed E-state index contributed by atoms with van der Waals surface area (Å²) in [4.78, 5) is 0. The van der Waals surface area contributed by atoms with E-state index in [1.165, 1.54) is 0 Å². The normalized spacial score (nSPS) is 9.88. The summed E-state index contributed by atoms with van der Waals surface area (Å²) in [5, 5.41) is 0. The van der Waals surface area contributed by atoms with Crippen LogP contribution in [0.2, 0.25) is 0 Å². The number of benzene rings is 3. The summed E-state index contributed by atoms with van der Waals surface area (Å²) in [6, 6.07) is 20.0. The van der Waals surface area contributed by atoms with E-state index in [1.54, 1.807) is 18.2 Å². The van der Waals surface area contributed by atoms with Crippen LogP contribution in [0.5, 0.6) is 23.0 Å². The second-order valence-electron chi connectivity index (χ2n) is 4.97. The van der Waals surface area contributed by atoms with Gasteiger partial charge in [0.05, 0.1) is 0 Å². The van der Waals surface area contributed by atoms with E-state index >= 15 is 0 Å². The number of anilines is 2. The van der Waals surface area contributed by atoms with Crippen LogP contribution < -0.4 is 20.9 Å². The lowest BCUT2D eigenvalue weighted by Crippen LogP contribution is -1.90. The summed E-state index contributed by atoms with van der Waals surface area (Å²) >= 11 is 3.46. The Morgan fingerprint density at radius 2 is 1.08 bits per heavy atom. The van der Waals surface area contributed by atoms with Crippen LogP contribution in [0.3, 0.4) is 0 Å². The molecule has 24 heavy (non-hydrogen) atoms. The predicted octanol–water partition coefficient (Wildman–Crippen LogP) is 5.62. The minimum Gasteiger partial charge on any atom is -0.457 e. The van der Waals surface area contributed by atoms with Gasteiger partial charge in [-0.05, 0) is 36.4 Å². The Hall–Kier alpha value is -2.37. The van der Waals surface area contributed by atoms with Gasteiger partial charge in [-0.2, -0.15) is 0 Å². The first-order valence-corrected chi connectivity index (χ1v) is 7.75. The fourth-order valence-corrected chi connectivity index (χ4v) is 2.53. The molecule has 0 radical (unpaired) electrons. The molecule has 6 heteroatoms. The Labute approximate surface area is 154 Å². The average Bonchev–Trinajstić information content (AvgIpc) is 2.46. The number of hydrogen-bond donors (Lipinski definition) is 2. The van der Waals surface area contributed by atoms with Gasteiger partial charge in [-0.1, -0.05) is 28.1 Å². The minimum absolute atomic E-state index is 0. The van der Waals surface area contributed by atoms with Crippen LogP contribution >= 0.6 is 28.3 Å². The third kappa shape index (κ3) is 4.81. The van der Waals surface area contributed by atoms with E-state index in [4.69, 9.17) is 20.9 Å². The molecule has 0 spiro atoms. The number of hydrogen-bond acceptors (Lipinski definition) is 4. The second-order valence-corrected chi connectivity index (χ2v) is 5.89. The van der Waals surface area contributed by atoms with Gasteiger partial charge in [0.2, 0.25) is 0 Å². The van der Waals surface area contributed by atoms with Crippen molar-refractivity contribution in [2.24, 2.45) is 0 Å². The molecule has 0 saturated carbocycles. The van der Waals surface area contributed by atoms with Crippen molar-refractivity contribution in [1.29, 1.82) is 0 Å². The van der Waals surface area contributed by atoms with Gasteiger partial charge in [0.1, 0.15) is 23.0 Å². The van der Waals surface area contributed by atoms with Crippen LogP contribution in [0.4, 0.5) is 11.4 Å². The quantitative estimate of drug-likeness (QED) is 0.551. The van der Waals surface area contributed by atoms with Crippen LogP contribution in [-0.4, -0.2) is 0 Å². The topological polar surface area (TPSA) is 70.5 Å². The third-order valence-electron chi connectivity index (χ3n) is 3.03. The molecule has 0 fully saturated rings. The van der Waals surface area contributed by atoms with Gasteiger partial charge in [0, 0.05) is 34.0 Å². The van der Waals surface area contributed by atoms with E-state index in [-0.39, 0.29) is 12.4 Å². The number of rotatable bonds is 4. The molecular formula is C18H16BrClN2O2. The van der Waals surface area contributed by atoms with E-state index in [9.17, 15) is 0 Å². The van der Waals surface area contributed by atoms with Gasteiger partial charge < -0.3 is 20.9 Å². The molecule has 0 aliphatic heterocycles. The van der Waals surface area contributed by atoms with Crippen molar-refractivity contribution in [3.8, 4) is 23.0 Å². The van der Waals surface area contributed by atoms with Crippen molar-refractivity contribution in [2.75, 3.05) is 11.5 Å². The molecule has 0 atom stereocenters. The largest absolute Gasteiger partial charge is 0.457 e. The molecule has 4 nitrogen and oxygen atoms in total. The molecule has 124 valence electrons. The molecule has 0 heterocycles. The van der Waals surface area contributed by atoms with Gasteiger partial charge in [-0.15, -0.1) is 12.4 Å². The molecule has 0 saturated heterocycles. The number of halogens is 2. The molecule has 3 rings (SSSR count). The molecule has 0 bridgehead atoms. The summed E-state index contributed by atoms with van der Waals surface area (Å²) < 4.78 is 12.5. The fourth-order valence-electron chi connectivity index (χ4n) is 2.08. The Morgan fingerprint density at radius 1 is 0.625 bits per heavy atom. The predicted molar refractivity (Wildman–Crippen MR) is 103 cm³/mol. The van der Waals surface area contributed by atoms with E-state index < -0.39 is 0 Å². The Balaban J connectivity index is 0.00000208. The zero-order valence-corrected chi connectivity index (χ0v) is 15.0. The van der Waals surface area contributed by atoms with Crippen molar-refractivity contribution in [2.45, 2.75) is 0 Å². The molecule has 0 amide bonds. The van der Waals surface area contributed by atoms with Crippen molar-refractivity contribution in [3.63, 3.8) is 0 Å². The lowest BCUT2D eigenvalue weighted by molar-refractivity contribution is 0.460. The maximum atomic E-state index is 5.83. The smallest absolute Gasteiger partial charge is 0.132 e. The lowest BCUT2D eigenvalue weighted by atomic mass is 10.3. The monoisotopic (exact) mass is 406 g/mol. The summed E-state index contributed by atoms with van der Waals surface area (Å²) in [6.45, 7) is 0. The molecule has 0 aliphatic carbocycles. The highest BCUT2D eigenvalue weighted by molar-refractivity contribution is 9.10. The van der Waals surface area contributed by atoms with E-state index in [0.717, 1.165) is 4.47 Å². The number of nitrogens with two attached hydrogens (primary N) is 2. The number of ether oxygens (including phenoxy) is 2. The molecular weight excluding hydrogens is 392 g/mol. The lowest BCUT2D eigenvalue weighted by Gasteiger charge is -2.11. The standard InChI is InChI=1S/C18H15BrN2O2.ClH/c19-12-7-17(22-15-5-1-3-13(20)9-15)11-18(8-12)23-16-6-2-4-14(21)10-16;/h1-11H,20-21H2;1H. The van der Waals surface area contributed by atoms with Crippen molar-refractivity contribution in [1.82, 2.24) is 0 Å². The van der Waals surface area contributed by atoms with Crippen LogP contribution in [0, 0.1) is 0 Å². The Morgan fingerprint density at radius 3 is 1.50 bits per heavy atom.